The number of benzene rings is 1. The lowest BCUT2D eigenvalue weighted by atomic mass is 10.2. The van der Waals surface area contributed by atoms with Gasteiger partial charge in [0.2, 0.25) is 0 Å². The third kappa shape index (κ3) is 2.53. The maximum Gasteiger partial charge on any atom is 0.130 e. The number of rotatable bonds is 4. The summed E-state index contributed by atoms with van der Waals surface area (Å²) in [5.74, 6) is 0.842. The monoisotopic (exact) mass is 270 g/mol. The van der Waals surface area contributed by atoms with E-state index in [1.807, 2.05) is 24.3 Å². The molecule has 3 rings (SSSR count). The lowest BCUT2D eigenvalue weighted by Crippen LogP contribution is -2.01. The number of para-hydroxylation sites is 1. The van der Waals surface area contributed by atoms with Gasteiger partial charge in [0.1, 0.15) is 5.75 Å². The molecule has 1 aromatic carbocycles. The highest BCUT2D eigenvalue weighted by molar-refractivity contribution is 7.09. The largest absolute Gasteiger partial charge is 0.492 e. The molecule has 0 aliphatic rings. The highest BCUT2D eigenvalue weighted by Gasteiger charge is 2.05. The highest BCUT2D eigenvalue weighted by Crippen LogP contribution is 2.27. The Balaban J connectivity index is 1.79. The predicted molar refractivity (Wildman–Crippen MR) is 79.7 cm³/mol. The quantitative estimate of drug-likeness (QED) is 0.738. The van der Waals surface area contributed by atoms with E-state index in [2.05, 4.69) is 22.5 Å². The van der Waals surface area contributed by atoms with Crippen LogP contribution >= 0.6 is 11.3 Å². The molecular weight excluding hydrogens is 256 g/mol. The number of aromatic nitrogens is 1. The van der Waals surface area contributed by atoms with Crippen LogP contribution in [-0.2, 0) is 6.42 Å². The van der Waals surface area contributed by atoms with Gasteiger partial charge < -0.3 is 10.5 Å². The number of hydrogen-bond donors (Lipinski definition) is 1. The first-order valence-corrected chi connectivity index (χ1v) is 7.01. The lowest BCUT2D eigenvalue weighted by molar-refractivity contribution is 0.326. The Morgan fingerprint density at radius 3 is 2.95 bits per heavy atom. The summed E-state index contributed by atoms with van der Waals surface area (Å²) in [4.78, 5) is 5.63. The van der Waals surface area contributed by atoms with Gasteiger partial charge in [0.25, 0.3) is 0 Å². The first kappa shape index (κ1) is 12.0. The molecule has 0 aliphatic heterocycles. The molecule has 96 valence electrons. The lowest BCUT2D eigenvalue weighted by Gasteiger charge is -2.09. The average Bonchev–Trinajstić information content (AvgIpc) is 2.93. The zero-order valence-corrected chi connectivity index (χ0v) is 11.2. The van der Waals surface area contributed by atoms with Gasteiger partial charge in [-0.1, -0.05) is 12.1 Å². The zero-order chi connectivity index (χ0) is 13.1. The van der Waals surface area contributed by atoms with Gasteiger partial charge in [-0.2, -0.15) is 0 Å². The van der Waals surface area contributed by atoms with E-state index in [0.29, 0.717) is 12.3 Å². The second-order valence-corrected chi connectivity index (χ2v) is 5.26. The van der Waals surface area contributed by atoms with Crippen LogP contribution in [-0.4, -0.2) is 11.6 Å². The first-order chi connectivity index (χ1) is 9.34. The van der Waals surface area contributed by atoms with E-state index in [4.69, 9.17) is 10.5 Å². The third-order valence-electron chi connectivity index (χ3n) is 2.95. The first-order valence-electron chi connectivity index (χ1n) is 6.13. The minimum atomic E-state index is 0.661. The Labute approximate surface area is 115 Å². The average molecular weight is 270 g/mol. The summed E-state index contributed by atoms with van der Waals surface area (Å²) in [5.41, 5.74) is 7.40. The summed E-state index contributed by atoms with van der Waals surface area (Å²) < 4.78 is 5.86. The number of fused-ring (bicyclic) bond motifs is 1. The Morgan fingerprint density at radius 2 is 2.11 bits per heavy atom. The highest BCUT2D eigenvalue weighted by atomic mass is 32.1. The second-order valence-electron chi connectivity index (χ2n) is 4.23. The minimum Gasteiger partial charge on any atom is -0.492 e. The molecule has 4 heteroatoms. The van der Waals surface area contributed by atoms with Crippen molar-refractivity contribution in [3.05, 3.63) is 52.9 Å². The normalized spacial score (nSPS) is 10.7. The summed E-state index contributed by atoms with van der Waals surface area (Å²) >= 11 is 1.75. The summed E-state index contributed by atoms with van der Waals surface area (Å²) in [5, 5.41) is 3.05. The molecule has 2 heterocycles. The molecule has 0 radical (unpaired) electrons. The van der Waals surface area contributed by atoms with Crippen molar-refractivity contribution < 1.29 is 4.74 Å². The van der Waals surface area contributed by atoms with Gasteiger partial charge >= 0.3 is 0 Å². The number of nitrogens with two attached hydrogens (primary N) is 1. The third-order valence-corrected chi connectivity index (χ3v) is 3.88. The molecule has 0 aliphatic carbocycles. The van der Waals surface area contributed by atoms with E-state index in [1.54, 1.807) is 17.5 Å². The molecule has 0 atom stereocenters. The van der Waals surface area contributed by atoms with Gasteiger partial charge in [0, 0.05) is 22.9 Å². The van der Waals surface area contributed by atoms with Crippen molar-refractivity contribution in [2.24, 2.45) is 0 Å². The van der Waals surface area contributed by atoms with Crippen LogP contribution in [0.2, 0.25) is 0 Å². The molecule has 2 N–H and O–H groups in total. The van der Waals surface area contributed by atoms with Crippen molar-refractivity contribution in [2.75, 3.05) is 12.3 Å². The van der Waals surface area contributed by atoms with Gasteiger partial charge in [-0.15, -0.1) is 11.3 Å². The topological polar surface area (TPSA) is 48.1 Å². The summed E-state index contributed by atoms with van der Waals surface area (Å²) in [7, 11) is 0. The summed E-state index contributed by atoms with van der Waals surface area (Å²) in [6.07, 6.45) is 2.66. The van der Waals surface area contributed by atoms with Crippen LogP contribution in [0.15, 0.2) is 48.0 Å². The fourth-order valence-corrected chi connectivity index (χ4v) is 2.71. The number of thiophene rings is 1. The van der Waals surface area contributed by atoms with Crippen LogP contribution in [0.4, 0.5) is 5.69 Å². The molecule has 0 unspecified atom stereocenters. The molecule has 3 aromatic rings. The van der Waals surface area contributed by atoms with Crippen molar-refractivity contribution in [3.63, 3.8) is 0 Å². The maximum atomic E-state index is 5.91. The summed E-state index contributed by atoms with van der Waals surface area (Å²) in [6, 6.07) is 11.8. The van der Waals surface area contributed by atoms with E-state index < -0.39 is 0 Å². The maximum absolute atomic E-state index is 5.91. The number of ether oxygens (including phenoxy) is 1. The summed E-state index contributed by atoms with van der Waals surface area (Å²) in [6.45, 7) is 0.661. The van der Waals surface area contributed by atoms with Crippen molar-refractivity contribution in [1.82, 2.24) is 4.98 Å². The molecule has 0 saturated carbocycles. The molecule has 2 aromatic heterocycles. The van der Waals surface area contributed by atoms with E-state index in [-0.39, 0.29) is 0 Å². The molecule has 0 amide bonds. The molecule has 0 spiro atoms. The Hall–Kier alpha value is -2.07. The molecule has 19 heavy (non-hydrogen) atoms. The molecule has 3 nitrogen and oxygen atoms in total. The molecule has 0 fully saturated rings. The number of pyridine rings is 1. The Kier molecular flexibility index (Phi) is 3.33. The van der Waals surface area contributed by atoms with Crippen molar-refractivity contribution >= 4 is 27.9 Å². The van der Waals surface area contributed by atoms with Crippen LogP contribution < -0.4 is 10.5 Å². The fourth-order valence-electron chi connectivity index (χ4n) is 2.02. The fraction of sp³-hybridized carbons (Fsp3) is 0.133. The predicted octanol–water partition coefficient (Wildman–Crippen LogP) is 3.50. The van der Waals surface area contributed by atoms with Gasteiger partial charge in [0.15, 0.2) is 0 Å². The van der Waals surface area contributed by atoms with Crippen molar-refractivity contribution in [1.29, 1.82) is 0 Å². The number of anilines is 1. The number of nitrogen functional groups attached to an aromatic ring is 1. The van der Waals surface area contributed by atoms with E-state index in [0.717, 1.165) is 23.1 Å². The molecule has 0 bridgehead atoms. The van der Waals surface area contributed by atoms with Crippen LogP contribution in [0.3, 0.4) is 0 Å². The SMILES string of the molecule is Nc1cccc2c(OCCc3cccs3)ccnc12. The Bertz CT molecular complexity index is 680. The Morgan fingerprint density at radius 1 is 1.16 bits per heavy atom. The minimum absolute atomic E-state index is 0.661. The van der Waals surface area contributed by atoms with Crippen LogP contribution in [0.25, 0.3) is 10.9 Å². The van der Waals surface area contributed by atoms with Gasteiger partial charge in [-0.05, 0) is 29.6 Å². The van der Waals surface area contributed by atoms with E-state index in [1.165, 1.54) is 4.88 Å². The standard InChI is InChI=1S/C15H14N2OS/c16-13-5-1-4-12-14(6-8-17-15(12)13)18-9-7-11-3-2-10-19-11/h1-6,8,10H,7,9,16H2. The van der Waals surface area contributed by atoms with Crippen molar-refractivity contribution in [3.8, 4) is 5.75 Å². The van der Waals surface area contributed by atoms with Gasteiger partial charge in [-0.3, -0.25) is 4.98 Å². The van der Waals surface area contributed by atoms with Crippen LogP contribution in [0.5, 0.6) is 5.75 Å². The van der Waals surface area contributed by atoms with Gasteiger partial charge in [-0.25, -0.2) is 0 Å². The number of hydrogen-bond acceptors (Lipinski definition) is 4. The molecular formula is C15H14N2OS. The zero-order valence-electron chi connectivity index (χ0n) is 10.4. The second kappa shape index (κ2) is 5.28. The van der Waals surface area contributed by atoms with Crippen LogP contribution in [0.1, 0.15) is 4.88 Å². The smallest absolute Gasteiger partial charge is 0.130 e. The number of nitrogens with zero attached hydrogens (tertiary/aromatic N) is 1. The molecule has 0 saturated heterocycles. The van der Waals surface area contributed by atoms with Gasteiger partial charge in [0.05, 0.1) is 17.8 Å². The van der Waals surface area contributed by atoms with Crippen LogP contribution in [0, 0.1) is 0 Å². The van der Waals surface area contributed by atoms with E-state index >= 15 is 0 Å². The van der Waals surface area contributed by atoms with Crippen molar-refractivity contribution in [2.45, 2.75) is 6.42 Å². The van der Waals surface area contributed by atoms with E-state index in [9.17, 15) is 0 Å².